The first-order valence-corrected chi connectivity index (χ1v) is 10.7. The molecule has 1 aromatic rings. The zero-order valence-electron chi connectivity index (χ0n) is 12.8. The smallest absolute Gasteiger partial charge is 0.0841 e. The minimum absolute atomic E-state index is 1.19. The number of hydrogen-bond acceptors (Lipinski definition) is 0. The summed E-state index contributed by atoms with van der Waals surface area (Å²) in [6.07, 6.45) is 9.73. The van der Waals surface area contributed by atoms with Gasteiger partial charge in [0, 0.05) is 0 Å². The van der Waals surface area contributed by atoms with Crippen molar-refractivity contribution >= 4 is 8.07 Å². The van der Waals surface area contributed by atoms with E-state index in [0.717, 1.165) is 0 Å². The quantitative estimate of drug-likeness (QED) is 0.323. The normalized spacial score (nSPS) is 11.9. The first-order chi connectivity index (χ1) is 9.06. The van der Waals surface area contributed by atoms with Crippen LogP contribution in [0, 0.1) is 0 Å². The summed E-state index contributed by atoms with van der Waals surface area (Å²) in [6.45, 7) is 11.4. The molecule has 1 aromatic carbocycles. The summed E-state index contributed by atoms with van der Waals surface area (Å²) in [5.41, 5.74) is 1.44. The highest BCUT2D eigenvalue weighted by Crippen LogP contribution is 2.20. The molecule has 0 unspecified atom stereocenters. The Kier molecular flexibility index (Phi) is 6.86. The van der Waals surface area contributed by atoms with Gasteiger partial charge < -0.3 is 0 Å². The van der Waals surface area contributed by atoms with Crippen LogP contribution >= 0.6 is 0 Å². The Balaban J connectivity index is 2.49. The van der Waals surface area contributed by atoms with Crippen LogP contribution in [0.15, 0.2) is 54.3 Å². The van der Waals surface area contributed by atoms with Gasteiger partial charge in [-0.25, -0.2) is 0 Å². The van der Waals surface area contributed by atoms with E-state index in [9.17, 15) is 0 Å². The van der Waals surface area contributed by atoms with Gasteiger partial charge in [-0.3, -0.25) is 0 Å². The molecule has 1 heteroatoms. The van der Waals surface area contributed by atoms with E-state index < -0.39 is 8.07 Å². The maximum atomic E-state index is 4.32. The van der Waals surface area contributed by atoms with E-state index in [1.54, 1.807) is 0 Å². The van der Waals surface area contributed by atoms with Crippen molar-refractivity contribution in [2.24, 2.45) is 0 Å². The second kappa shape index (κ2) is 8.16. The van der Waals surface area contributed by atoms with Gasteiger partial charge in [0.1, 0.15) is 0 Å². The molecule has 0 fully saturated rings. The summed E-state index contributed by atoms with van der Waals surface area (Å²) >= 11 is 0. The minimum Gasteiger partial charge on any atom is -0.0998 e. The molecule has 0 nitrogen and oxygen atoms in total. The molecule has 0 aliphatic rings. The molecule has 0 saturated carbocycles. The predicted octanol–water partition coefficient (Wildman–Crippen LogP) is 5.71. The Morgan fingerprint density at radius 2 is 1.84 bits per heavy atom. The molecule has 0 aromatic heterocycles. The van der Waals surface area contributed by atoms with Gasteiger partial charge in [-0.15, -0.1) is 0 Å². The fourth-order valence-electron chi connectivity index (χ4n) is 2.18. The molecule has 0 atom stereocenters. The Morgan fingerprint density at radius 1 is 1.16 bits per heavy atom. The molecule has 0 aliphatic carbocycles. The lowest BCUT2D eigenvalue weighted by Crippen LogP contribution is -2.31. The van der Waals surface area contributed by atoms with Crippen LogP contribution < -0.4 is 0 Å². The zero-order chi connectivity index (χ0) is 14.1. The van der Waals surface area contributed by atoms with Crippen molar-refractivity contribution in [1.29, 1.82) is 0 Å². The first-order valence-electron chi connectivity index (χ1n) is 7.46. The number of rotatable bonds is 8. The second-order valence-corrected chi connectivity index (χ2v) is 10.7. The number of unbranched alkanes of at least 4 members (excludes halogenated alkanes) is 3. The van der Waals surface area contributed by atoms with Crippen LogP contribution in [0.5, 0.6) is 0 Å². The van der Waals surface area contributed by atoms with Gasteiger partial charge in [0.25, 0.3) is 0 Å². The fraction of sp³-hybridized carbons (Fsp3) is 0.444. The van der Waals surface area contributed by atoms with Gasteiger partial charge >= 0.3 is 0 Å². The maximum Gasteiger partial charge on any atom is 0.0841 e. The van der Waals surface area contributed by atoms with Crippen LogP contribution in [-0.2, 0) is 6.04 Å². The van der Waals surface area contributed by atoms with E-state index in [0.29, 0.717) is 0 Å². The second-order valence-electron chi connectivity index (χ2n) is 5.97. The van der Waals surface area contributed by atoms with Crippen LogP contribution in [0.1, 0.15) is 38.2 Å². The highest BCUT2D eigenvalue weighted by atomic mass is 28.3. The van der Waals surface area contributed by atoms with Gasteiger partial charge in [0.2, 0.25) is 0 Å². The van der Waals surface area contributed by atoms with Crippen molar-refractivity contribution in [2.45, 2.75) is 51.7 Å². The van der Waals surface area contributed by atoms with E-state index in [2.05, 4.69) is 69.1 Å². The molecule has 104 valence electrons. The molecule has 0 saturated heterocycles. The summed E-state index contributed by atoms with van der Waals surface area (Å²) in [5, 5.41) is 1.37. The van der Waals surface area contributed by atoms with Crippen molar-refractivity contribution in [3.8, 4) is 0 Å². The molecule has 0 heterocycles. The molecule has 0 bridgehead atoms. The average molecular weight is 273 g/mol. The molecule has 0 aliphatic heterocycles. The summed E-state index contributed by atoms with van der Waals surface area (Å²) in [7, 11) is -1.40. The third-order valence-electron chi connectivity index (χ3n) is 3.65. The molecule has 0 N–H and O–H groups in total. The van der Waals surface area contributed by atoms with Gasteiger partial charge in [-0.05, 0) is 18.9 Å². The van der Waals surface area contributed by atoms with Gasteiger partial charge in [-0.2, -0.15) is 0 Å². The lowest BCUT2D eigenvalue weighted by atomic mass is 10.2. The first kappa shape index (κ1) is 16.0. The highest BCUT2D eigenvalue weighted by molar-refractivity contribution is 6.84. The monoisotopic (exact) mass is 272 g/mol. The highest BCUT2D eigenvalue weighted by Gasteiger charge is 2.23. The number of hydrogen-bond donors (Lipinski definition) is 0. The van der Waals surface area contributed by atoms with E-state index in [4.69, 9.17) is 0 Å². The number of allylic oxidation sites excluding steroid dienone is 3. The van der Waals surface area contributed by atoms with E-state index in [-0.39, 0.29) is 0 Å². The van der Waals surface area contributed by atoms with Crippen LogP contribution in [0.3, 0.4) is 0 Å². The topological polar surface area (TPSA) is 0 Å². The molecular formula is C18H28Si. The van der Waals surface area contributed by atoms with Crippen LogP contribution in [0.2, 0.25) is 13.1 Å². The summed E-state index contributed by atoms with van der Waals surface area (Å²) in [6, 6.07) is 12.0. The third kappa shape index (κ3) is 6.06. The van der Waals surface area contributed by atoms with Crippen LogP contribution in [0.4, 0.5) is 0 Å². The molecule has 19 heavy (non-hydrogen) atoms. The average Bonchev–Trinajstić information content (AvgIpc) is 2.39. The molecule has 0 amide bonds. The molecule has 0 radical (unpaired) electrons. The zero-order valence-corrected chi connectivity index (χ0v) is 13.8. The van der Waals surface area contributed by atoms with E-state index >= 15 is 0 Å². The van der Waals surface area contributed by atoms with Crippen LogP contribution in [-0.4, -0.2) is 8.07 Å². The standard InChI is InChI=1S/C18H28Si/c1-5-6-7-8-10-13-17(2)19(3,4)16-18-14-11-9-12-15-18/h9-15H,2,5-8,16H2,1,3-4H3/b13-10-. The lowest BCUT2D eigenvalue weighted by Gasteiger charge is -2.23. The molecular weight excluding hydrogens is 244 g/mol. The summed E-state index contributed by atoms with van der Waals surface area (Å²) in [5.74, 6) is 0. The Bertz CT molecular complexity index is 401. The van der Waals surface area contributed by atoms with Crippen molar-refractivity contribution in [3.63, 3.8) is 0 Å². The van der Waals surface area contributed by atoms with Gasteiger partial charge in [-0.1, -0.05) is 92.7 Å². The third-order valence-corrected chi connectivity index (χ3v) is 6.85. The lowest BCUT2D eigenvalue weighted by molar-refractivity contribution is 0.729. The Hall–Kier alpha value is -1.08. The molecule has 0 spiro atoms. The maximum absolute atomic E-state index is 4.32. The van der Waals surface area contributed by atoms with E-state index in [1.165, 1.54) is 42.5 Å². The summed E-state index contributed by atoms with van der Waals surface area (Å²) in [4.78, 5) is 0. The van der Waals surface area contributed by atoms with Crippen molar-refractivity contribution < 1.29 is 0 Å². The van der Waals surface area contributed by atoms with Crippen molar-refractivity contribution in [2.75, 3.05) is 0 Å². The van der Waals surface area contributed by atoms with E-state index in [1.807, 2.05) is 0 Å². The van der Waals surface area contributed by atoms with Crippen molar-refractivity contribution in [3.05, 3.63) is 59.8 Å². The number of benzene rings is 1. The van der Waals surface area contributed by atoms with Crippen LogP contribution in [0.25, 0.3) is 0 Å². The Morgan fingerprint density at radius 3 is 2.47 bits per heavy atom. The Labute approximate surface area is 120 Å². The SMILES string of the molecule is C=C(/C=C\CCCCC)[Si](C)(C)Cc1ccccc1. The largest absolute Gasteiger partial charge is 0.0998 e. The van der Waals surface area contributed by atoms with Gasteiger partial charge in [0.05, 0.1) is 8.07 Å². The van der Waals surface area contributed by atoms with Gasteiger partial charge in [0.15, 0.2) is 0 Å². The summed E-state index contributed by atoms with van der Waals surface area (Å²) < 4.78 is 0. The minimum atomic E-state index is -1.40. The predicted molar refractivity (Wildman–Crippen MR) is 90.1 cm³/mol. The fourth-order valence-corrected chi connectivity index (χ4v) is 4.24. The van der Waals surface area contributed by atoms with Crippen molar-refractivity contribution in [1.82, 2.24) is 0 Å². The molecule has 1 rings (SSSR count).